The van der Waals surface area contributed by atoms with Crippen LogP contribution >= 0.6 is 0 Å². The molecule has 2 N–H and O–H groups in total. The van der Waals surface area contributed by atoms with Crippen LogP contribution in [0.1, 0.15) is 36.2 Å². The summed E-state index contributed by atoms with van der Waals surface area (Å²) in [4.78, 5) is 15.0. The van der Waals surface area contributed by atoms with Gasteiger partial charge in [-0.2, -0.15) is 0 Å². The number of hydrogen-bond donors (Lipinski definition) is 2. The first-order valence-corrected chi connectivity index (χ1v) is 11.9. The minimum Gasteiger partial charge on any atom is -0.351 e. The molecule has 0 saturated carbocycles. The van der Waals surface area contributed by atoms with Crippen LogP contribution in [0.25, 0.3) is 0 Å². The fourth-order valence-electron chi connectivity index (χ4n) is 4.04. The summed E-state index contributed by atoms with van der Waals surface area (Å²) < 4.78 is 27.9. The van der Waals surface area contributed by atoms with Crippen molar-refractivity contribution in [1.82, 2.24) is 10.2 Å². The molecule has 1 aliphatic heterocycles. The van der Waals surface area contributed by atoms with E-state index in [9.17, 15) is 13.2 Å². The molecule has 0 bridgehead atoms. The zero-order valence-electron chi connectivity index (χ0n) is 17.9. The van der Waals surface area contributed by atoms with Crippen LogP contribution in [0.15, 0.2) is 53.4 Å². The third kappa shape index (κ3) is 6.06. The van der Waals surface area contributed by atoms with Gasteiger partial charge in [-0.05, 0) is 55.5 Å². The fourth-order valence-corrected chi connectivity index (χ4v) is 5.15. The predicted molar refractivity (Wildman–Crippen MR) is 120 cm³/mol. The Morgan fingerprint density at radius 1 is 1.07 bits per heavy atom. The highest BCUT2D eigenvalue weighted by atomic mass is 32.2. The van der Waals surface area contributed by atoms with Crippen LogP contribution in [0, 0.1) is 18.8 Å². The maximum Gasteiger partial charge on any atom is 0.261 e. The van der Waals surface area contributed by atoms with E-state index in [-0.39, 0.29) is 10.8 Å². The van der Waals surface area contributed by atoms with Crippen LogP contribution in [-0.4, -0.2) is 45.4 Å². The molecule has 1 amide bonds. The molecular weight excluding hydrogens is 398 g/mol. The predicted octanol–water partition coefficient (Wildman–Crippen LogP) is 3.50. The molecule has 3 rings (SSSR count). The lowest BCUT2D eigenvalue weighted by Crippen LogP contribution is -2.42. The van der Waals surface area contributed by atoms with Crippen LogP contribution in [-0.2, 0) is 10.0 Å². The first-order chi connectivity index (χ1) is 14.2. The molecule has 1 saturated heterocycles. The highest BCUT2D eigenvalue weighted by Gasteiger charge is 2.21. The maximum absolute atomic E-state index is 12.7. The van der Waals surface area contributed by atoms with E-state index in [1.54, 1.807) is 24.3 Å². The Hall–Kier alpha value is -2.38. The molecule has 1 heterocycles. The Bertz CT molecular complexity index is 963. The Balaban J connectivity index is 1.60. The number of nitrogens with zero attached hydrogens (tertiary/aromatic N) is 1. The molecule has 7 heteroatoms. The molecule has 2 atom stereocenters. The average Bonchev–Trinajstić information content (AvgIpc) is 2.69. The second kappa shape index (κ2) is 9.62. The van der Waals surface area contributed by atoms with Crippen molar-refractivity contribution in [1.29, 1.82) is 0 Å². The van der Waals surface area contributed by atoms with Crippen molar-refractivity contribution in [3.8, 4) is 0 Å². The zero-order chi connectivity index (χ0) is 21.7. The van der Waals surface area contributed by atoms with Crippen molar-refractivity contribution >= 4 is 21.6 Å². The molecule has 2 aromatic rings. The number of piperidine rings is 1. The van der Waals surface area contributed by atoms with E-state index >= 15 is 0 Å². The number of rotatable bonds is 7. The van der Waals surface area contributed by atoms with E-state index in [4.69, 9.17) is 0 Å². The summed E-state index contributed by atoms with van der Waals surface area (Å²) in [6.07, 6.45) is 1.25. The number of amides is 1. The second-order valence-corrected chi connectivity index (χ2v) is 10.1. The summed E-state index contributed by atoms with van der Waals surface area (Å²) >= 11 is 0. The van der Waals surface area contributed by atoms with Gasteiger partial charge in [-0.3, -0.25) is 9.52 Å². The summed E-state index contributed by atoms with van der Waals surface area (Å²) in [5.74, 6) is 1.08. The molecule has 0 spiro atoms. The van der Waals surface area contributed by atoms with Gasteiger partial charge in [0.25, 0.3) is 15.9 Å². The van der Waals surface area contributed by atoms with E-state index in [1.165, 1.54) is 18.6 Å². The average molecular weight is 430 g/mol. The lowest BCUT2D eigenvalue weighted by atomic mass is 9.92. The van der Waals surface area contributed by atoms with Crippen molar-refractivity contribution in [3.63, 3.8) is 0 Å². The first kappa shape index (κ1) is 22.3. The van der Waals surface area contributed by atoms with Crippen LogP contribution in [0.3, 0.4) is 0 Å². The summed E-state index contributed by atoms with van der Waals surface area (Å²) in [5, 5.41) is 2.91. The van der Waals surface area contributed by atoms with Gasteiger partial charge in [0.1, 0.15) is 0 Å². The summed E-state index contributed by atoms with van der Waals surface area (Å²) in [6, 6.07) is 13.2. The topological polar surface area (TPSA) is 78.5 Å². The molecule has 0 aromatic heterocycles. The molecule has 0 radical (unpaired) electrons. The number of benzene rings is 2. The van der Waals surface area contributed by atoms with Gasteiger partial charge in [-0.15, -0.1) is 0 Å². The van der Waals surface area contributed by atoms with Gasteiger partial charge in [0.2, 0.25) is 0 Å². The van der Waals surface area contributed by atoms with Gasteiger partial charge in [0.05, 0.1) is 4.90 Å². The summed E-state index contributed by atoms with van der Waals surface area (Å²) in [5.41, 5.74) is 1.87. The number of likely N-dealkylation sites (tertiary alicyclic amines) is 1. The number of aryl methyl sites for hydroxylation is 1. The van der Waals surface area contributed by atoms with Gasteiger partial charge < -0.3 is 10.2 Å². The normalized spacial score (nSPS) is 20.0. The van der Waals surface area contributed by atoms with Gasteiger partial charge in [0.15, 0.2) is 0 Å². The van der Waals surface area contributed by atoms with Crippen LogP contribution in [0.4, 0.5) is 5.69 Å². The molecule has 6 nitrogen and oxygen atoms in total. The zero-order valence-corrected chi connectivity index (χ0v) is 18.7. The van der Waals surface area contributed by atoms with Crippen molar-refractivity contribution in [3.05, 3.63) is 59.7 Å². The fraction of sp³-hybridized carbons (Fsp3) is 0.435. The molecule has 30 heavy (non-hydrogen) atoms. The van der Waals surface area contributed by atoms with Crippen LogP contribution in [0.5, 0.6) is 0 Å². The van der Waals surface area contributed by atoms with Gasteiger partial charge in [0, 0.05) is 37.4 Å². The van der Waals surface area contributed by atoms with Crippen molar-refractivity contribution in [2.75, 3.05) is 30.9 Å². The number of carbonyl (C=O) groups excluding carboxylic acids is 1. The molecule has 2 unspecified atom stereocenters. The first-order valence-electron chi connectivity index (χ1n) is 10.4. The van der Waals surface area contributed by atoms with E-state index < -0.39 is 10.0 Å². The lowest BCUT2D eigenvalue weighted by molar-refractivity contribution is 0.0936. The SMILES string of the molecule is Cc1ccc(NS(=O)(=O)c2cccc(C(=O)NCCN3CC(C)CC(C)C3)c2)cc1. The smallest absolute Gasteiger partial charge is 0.261 e. The third-order valence-corrected chi connectivity index (χ3v) is 6.75. The second-order valence-electron chi connectivity index (χ2n) is 8.46. The van der Waals surface area contributed by atoms with E-state index in [1.807, 2.05) is 19.1 Å². The number of hydrogen-bond acceptors (Lipinski definition) is 4. The third-order valence-electron chi connectivity index (χ3n) is 5.37. The van der Waals surface area contributed by atoms with Gasteiger partial charge in [-0.1, -0.05) is 37.6 Å². The summed E-state index contributed by atoms with van der Waals surface area (Å²) in [7, 11) is -3.77. The van der Waals surface area contributed by atoms with E-state index in [0.717, 1.165) is 25.2 Å². The van der Waals surface area contributed by atoms with Gasteiger partial charge in [-0.25, -0.2) is 8.42 Å². The van der Waals surface area contributed by atoms with Crippen molar-refractivity contribution in [2.45, 2.75) is 32.1 Å². The quantitative estimate of drug-likeness (QED) is 0.706. The Morgan fingerprint density at radius 2 is 1.73 bits per heavy atom. The molecule has 162 valence electrons. The minimum atomic E-state index is -3.77. The highest BCUT2D eigenvalue weighted by molar-refractivity contribution is 7.92. The number of anilines is 1. The van der Waals surface area contributed by atoms with Crippen LogP contribution < -0.4 is 10.0 Å². The Morgan fingerprint density at radius 3 is 2.40 bits per heavy atom. The molecular formula is C23H31N3O3S. The van der Waals surface area contributed by atoms with Crippen molar-refractivity contribution < 1.29 is 13.2 Å². The maximum atomic E-state index is 12.7. The van der Waals surface area contributed by atoms with Gasteiger partial charge >= 0.3 is 0 Å². The lowest BCUT2D eigenvalue weighted by Gasteiger charge is -2.34. The minimum absolute atomic E-state index is 0.0643. The molecule has 0 aliphatic carbocycles. The monoisotopic (exact) mass is 429 g/mol. The van der Waals surface area contributed by atoms with E-state index in [0.29, 0.717) is 29.6 Å². The Labute approximate surface area is 179 Å². The molecule has 1 aliphatic rings. The Kier molecular flexibility index (Phi) is 7.15. The molecule has 2 aromatic carbocycles. The molecule has 1 fully saturated rings. The number of carbonyl (C=O) groups is 1. The number of sulfonamides is 1. The summed E-state index contributed by atoms with van der Waals surface area (Å²) in [6.45, 7) is 9.91. The van der Waals surface area contributed by atoms with E-state index in [2.05, 4.69) is 28.8 Å². The largest absolute Gasteiger partial charge is 0.351 e. The number of nitrogens with one attached hydrogen (secondary N) is 2. The standard InChI is InChI=1S/C23H31N3O3S/c1-17-7-9-21(10-8-17)25-30(28,29)22-6-4-5-20(14-22)23(27)24-11-12-26-15-18(2)13-19(3)16-26/h4-10,14,18-19,25H,11-13,15-16H2,1-3H3,(H,24,27). The highest BCUT2D eigenvalue weighted by Crippen LogP contribution is 2.20. The van der Waals surface area contributed by atoms with Crippen molar-refractivity contribution in [2.24, 2.45) is 11.8 Å². The van der Waals surface area contributed by atoms with Crippen LogP contribution in [0.2, 0.25) is 0 Å².